The smallest absolute Gasteiger partial charge is 0.321 e. The van der Waals surface area contributed by atoms with Gasteiger partial charge in [0.25, 0.3) is 0 Å². The third kappa shape index (κ3) is 3.03. The summed E-state index contributed by atoms with van der Waals surface area (Å²) in [6.45, 7) is 1.28. The van der Waals surface area contributed by atoms with E-state index in [4.69, 9.17) is 28.3 Å². The van der Waals surface area contributed by atoms with Crippen LogP contribution in [-0.4, -0.2) is 35.7 Å². The Morgan fingerprint density at radius 1 is 1.35 bits per heavy atom. The van der Waals surface area contributed by atoms with Crippen molar-refractivity contribution in [3.05, 3.63) is 28.2 Å². The first kappa shape index (κ1) is 12.5. The van der Waals surface area contributed by atoms with Gasteiger partial charge in [0.1, 0.15) is 0 Å². The number of nitrogens with zero attached hydrogens (tertiary/aromatic N) is 1. The highest BCUT2D eigenvalue weighted by Crippen LogP contribution is 2.23. The fourth-order valence-corrected chi connectivity index (χ4v) is 2.21. The Balaban J connectivity index is 1.94. The largest absolute Gasteiger partial charge is 0.396 e. The van der Waals surface area contributed by atoms with E-state index in [1.54, 1.807) is 23.1 Å². The van der Waals surface area contributed by atoms with Crippen LogP contribution in [0.15, 0.2) is 18.2 Å². The van der Waals surface area contributed by atoms with E-state index in [1.165, 1.54) is 0 Å². The van der Waals surface area contributed by atoms with Crippen molar-refractivity contribution in [3.8, 4) is 0 Å². The van der Waals surface area contributed by atoms with E-state index in [1.807, 2.05) is 0 Å². The van der Waals surface area contributed by atoms with Crippen LogP contribution in [-0.2, 0) is 0 Å². The van der Waals surface area contributed by atoms with Gasteiger partial charge in [-0.15, -0.1) is 0 Å². The maximum absolute atomic E-state index is 11.7. The van der Waals surface area contributed by atoms with Crippen molar-refractivity contribution in [2.24, 2.45) is 5.92 Å². The van der Waals surface area contributed by atoms with Gasteiger partial charge in [-0.1, -0.05) is 23.2 Å². The van der Waals surface area contributed by atoms with Gasteiger partial charge in [0.15, 0.2) is 0 Å². The Bertz CT molecular complexity index is 413. The number of carbonyl (C=O) groups is 1. The molecule has 6 heteroatoms. The zero-order valence-electron chi connectivity index (χ0n) is 8.99. The number of nitrogens with one attached hydrogen (secondary N) is 1. The number of likely N-dealkylation sites (tertiary alicyclic amines) is 1. The van der Waals surface area contributed by atoms with E-state index in [0.29, 0.717) is 28.8 Å². The molecule has 1 saturated heterocycles. The number of aliphatic hydroxyl groups excluding tert-OH is 1. The second-order valence-electron chi connectivity index (χ2n) is 4.04. The molecule has 0 aliphatic carbocycles. The SMILES string of the molecule is O=C(Nc1cc(Cl)cc(Cl)c1)N1CC(CO)C1. The van der Waals surface area contributed by atoms with Crippen LogP contribution in [0.4, 0.5) is 10.5 Å². The van der Waals surface area contributed by atoms with Crippen LogP contribution < -0.4 is 5.32 Å². The van der Waals surface area contributed by atoms with Gasteiger partial charge in [-0.3, -0.25) is 0 Å². The molecule has 2 N–H and O–H groups in total. The summed E-state index contributed by atoms with van der Waals surface area (Å²) in [6, 6.07) is 4.67. The predicted octanol–water partition coefficient (Wildman–Crippen LogP) is 2.45. The Morgan fingerprint density at radius 2 is 1.94 bits per heavy atom. The molecule has 1 aromatic carbocycles. The van der Waals surface area contributed by atoms with Crippen LogP contribution in [0.2, 0.25) is 10.0 Å². The summed E-state index contributed by atoms with van der Waals surface area (Å²) in [5.41, 5.74) is 0.569. The number of benzene rings is 1. The molecular formula is C11H12Cl2N2O2. The van der Waals surface area contributed by atoms with Crippen LogP contribution in [0, 0.1) is 5.92 Å². The van der Waals surface area contributed by atoms with Crippen molar-refractivity contribution in [2.45, 2.75) is 0 Å². The summed E-state index contributed by atoms with van der Waals surface area (Å²) >= 11 is 11.6. The molecule has 1 heterocycles. The molecule has 2 rings (SSSR count). The monoisotopic (exact) mass is 274 g/mol. The van der Waals surface area contributed by atoms with E-state index in [0.717, 1.165) is 0 Å². The van der Waals surface area contributed by atoms with Crippen LogP contribution in [0.25, 0.3) is 0 Å². The van der Waals surface area contributed by atoms with Gasteiger partial charge < -0.3 is 15.3 Å². The molecule has 0 unspecified atom stereocenters. The molecule has 4 nitrogen and oxygen atoms in total. The normalized spacial score (nSPS) is 15.6. The average molecular weight is 275 g/mol. The molecule has 2 amide bonds. The molecule has 0 saturated carbocycles. The molecule has 0 spiro atoms. The van der Waals surface area contributed by atoms with Crippen molar-refractivity contribution < 1.29 is 9.90 Å². The Labute approximate surface area is 109 Å². The van der Waals surface area contributed by atoms with Crippen LogP contribution in [0.3, 0.4) is 0 Å². The average Bonchev–Trinajstić information content (AvgIpc) is 2.13. The number of urea groups is 1. The maximum atomic E-state index is 11.7. The molecule has 1 fully saturated rings. The number of aliphatic hydroxyl groups is 1. The summed E-state index contributed by atoms with van der Waals surface area (Å²) < 4.78 is 0. The Morgan fingerprint density at radius 3 is 2.47 bits per heavy atom. The Hall–Kier alpha value is -0.970. The first-order valence-corrected chi connectivity index (χ1v) is 5.97. The molecule has 0 bridgehead atoms. The second-order valence-corrected chi connectivity index (χ2v) is 4.91. The van der Waals surface area contributed by atoms with Gasteiger partial charge >= 0.3 is 6.03 Å². The van der Waals surface area contributed by atoms with Crippen molar-refractivity contribution in [2.75, 3.05) is 25.0 Å². The van der Waals surface area contributed by atoms with Crippen LogP contribution in [0.1, 0.15) is 0 Å². The van der Waals surface area contributed by atoms with Gasteiger partial charge in [-0.2, -0.15) is 0 Å². The van der Waals surface area contributed by atoms with Crippen LogP contribution >= 0.6 is 23.2 Å². The first-order chi connectivity index (χ1) is 8.08. The van der Waals surface area contributed by atoms with Gasteiger partial charge in [0.2, 0.25) is 0 Å². The lowest BCUT2D eigenvalue weighted by atomic mass is 10.0. The van der Waals surface area contributed by atoms with E-state index in [9.17, 15) is 4.79 Å². The molecule has 0 aromatic heterocycles. The summed E-state index contributed by atoms with van der Waals surface area (Å²) in [4.78, 5) is 13.3. The van der Waals surface area contributed by atoms with E-state index < -0.39 is 0 Å². The lowest BCUT2D eigenvalue weighted by Crippen LogP contribution is -2.52. The highest BCUT2D eigenvalue weighted by Gasteiger charge is 2.29. The molecule has 1 aliphatic heterocycles. The quantitative estimate of drug-likeness (QED) is 0.871. The number of rotatable bonds is 2. The molecule has 0 radical (unpaired) electrons. The van der Waals surface area contributed by atoms with E-state index in [-0.39, 0.29) is 18.6 Å². The van der Waals surface area contributed by atoms with Crippen molar-refractivity contribution in [1.82, 2.24) is 4.90 Å². The second kappa shape index (κ2) is 5.12. The zero-order valence-corrected chi connectivity index (χ0v) is 10.5. The lowest BCUT2D eigenvalue weighted by Gasteiger charge is -2.38. The number of halogens is 2. The summed E-state index contributed by atoms with van der Waals surface area (Å²) in [6.07, 6.45) is 0. The molecule has 92 valence electrons. The van der Waals surface area contributed by atoms with Crippen molar-refractivity contribution in [3.63, 3.8) is 0 Å². The third-order valence-corrected chi connectivity index (χ3v) is 3.05. The fourth-order valence-electron chi connectivity index (χ4n) is 1.68. The number of carbonyl (C=O) groups excluding carboxylic acids is 1. The summed E-state index contributed by atoms with van der Waals surface area (Å²) in [5.74, 6) is 0.198. The van der Waals surface area contributed by atoms with E-state index in [2.05, 4.69) is 5.32 Å². The summed E-state index contributed by atoms with van der Waals surface area (Å²) in [5, 5.41) is 12.5. The highest BCUT2D eigenvalue weighted by molar-refractivity contribution is 6.35. The Kier molecular flexibility index (Phi) is 3.76. The van der Waals surface area contributed by atoms with Gasteiger partial charge in [-0.25, -0.2) is 4.79 Å². The van der Waals surface area contributed by atoms with Gasteiger partial charge in [-0.05, 0) is 18.2 Å². The van der Waals surface area contributed by atoms with Crippen LogP contribution in [0.5, 0.6) is 0 Å². The fraction of sp³-hybridized carbons (Fsp3) is 0.364. The summed E-state index contributed by atoms with van der Waals surface area (Å²) in [7, 11) is 0. The lowest BCUT2D eigenvalue weighted by molar-refractivity contribution is 0.0838. The van der Waals surface area contributed by atoms with Crippen molar-refractivity contribution >= 4 is 34.9 Å². The minimum Gasteiger partial charge on any atom is -0.396 e. The molecule has 1 aliphatic rings. The third-order valence-electron chi connectivity index (χ3n) is 2.62. The zero-order chi connectivity index (χ0) is 12.4. The first-order valence-electron chi connectivity index (χ1n) is 5.21. The minimum atomic E-state index is -0.201. The van der Waals surface area contributed by atoms with Gasteiger partial charge in [0, 0.05) is 41.3 Å². The minimum absolute atomic E-state index is 0.118. The highest BCUT2D eigenvalue weighted by atomic mass is 35.5. The number of anilines is 1. The molecular weight excluding hydrogens is 263 g/mol. The number of amides is 2. The van der Waals surface area contributed by atoms with Crippen molar-refractivity contribution in [1.29, 1.82) is 0 Å². The maximum Gasteiger partial charge on any atom is 0.321 e. The number of hydrogen-bond donors (Lipinski definition) is 2. The standard InChI is InChI=1S/C11H12Cl2N2O2/c12-8-1-9(13)3-10(2-8)14-11(17)15-4-7(5-15)6-16/h1-3,7,16H,4-6H2,(H,14,17). The predicted molar refractivity (Wildman–Crippen MR) is 67.6 cm³/mol. The molecule has 0 atom stereocenters. The number of hydrogen-bond acceptors (Lipinski definition) is 2. The molecule has 17 heavy (non-hydrogen) atoms. The molecule has 1 aromatic rings. The van der Waals surface area contributed by atoms with E-state index >= 15 is 0 Å². The topological polar surface area (TPSA) is 52.6 Å². The van der Waals surface area contributed by atoms with Gasteiger partial charge in [0.05, 0.1) is 0 Å².